The fraction of sp³-hybridized carbons (Fsp3) is 0.615. The third-order valence-electron chi connectivity index (χ3n) is 3.12. The highest BCUT2D eigenvalue weighted by atomic mass is 32.2. The molecule has 100 valence electrons. The van der Waals surface area contributed by atoms with Crippen molar-refractivity contribution in [3.63, 3.8) is 0 Å². The molecule has 18 heavy (non-hydrogen) atoms. The summed E-state index contributed by atoms with van der Waals surface area (Å²) >= 11 is 2.03. The van der Waals surface area contributed by atoms with Crippen LogP contribution in [0.3, 0.4) is 0 Å². The fourth-order valence-electron chi connectivity index (χ4n) is 2.01. The number of hydrogen-bond donors (Lipinski definition) is 1. The first-order valence-electron chi connectivity index (χ1n) is 6.23. The van der Waals surface area contributed by atoms with Crippen LogP contribution in [0.15, 0.2) is 16.5 Å². The van der Waals surface area contributed by atoms with Crippen molar-refractivity contribution < 1.29 is 13.9 Å². The van der Waals surface area contributed by atoms with Crippen molar-refractivity contribution in [2.45, 2.75) is 31.1 Å². The van der Waals surface area contributed by atoms with E-state index in [4.69, 9.17) is 4.42 Å². The maximum absolute atomic E-state index is 11.3. The van der Waals surface area contributed by atoms with Gasteiger partial charge in [-0.15, -0.1) is 0 Å². The van der Waals surface area contributed by atoms with Gasteiger partial charge in [0.25, 0.3) is 0 Å². The molecule has 0 aliphatic carbocycles. The van der Waals surface area contributed by atoms with Crippen LogP contribution in [0, 0.1) is 0 Å². The Labute approximate surface area is 111 Å². The molecule has 1 aromatic rings. The maximum Gasteiger partial charge on any atom is 0.373 e. The number of hydrogen-bond acceptors (Lipinski definition) is 5. The van der Waals surface area contributed by atoms with Gasteiger partial charge in [-0.3, -0.25) is 0 Å². The van der Waals surface area contributed by atoms with Crippen LogP contribution in [-0.4, -0.2) is 30.6 Å². The Balaban J connectivity index is 1.85. The minimum atomic E-state index is -0.431. The first-order chi connectivity index (χ1) is 8.70. The molecule has 1 aromatic heterocycles. The van der Waals surface area contributed by atoms with E-state index in [-0.39, 0.29) is 11.8 Å². The Morgan fingerprint density at radius 1 is 1.67 bits per heavy atom. The van der Waals surface area contributed by atoms with Gasteiger partial charge in [-0.1, -0.05) is 0 Å². The van der Waals surface area contributed by atoms with Gasteiger partial charge in [-0.05, 0) is 37.7 Å². The first kappa shape index (κ1) is 13.5. The number of ether oxygens (including phenoxy) is 1. The van der Waals surface area contributed by atoms with Gasteiger partial charge in [0, 0.05) is 11.8 Å². The van der Waals surface area contributed by atoms with E-state index in [0.717, 1.165) is 12.3 Å². The lowest BCUT2D eigenvalue weighted by atomic mass is 10.2. The largest absolute Gasteiger partial charge is 0.463 e. The van der Waals surface area contributed by atoms with Crippen molar-refractivity contribution in [3.8, 4) is 0 Å². The van der Waals surface area contributed by atoms with Crippen molar-refractivity contribution in [1.29, 1.82) is 0 Å². The fourth-order valence-corrected chi connectivity index (χ4v) is 3.22. The SMILES string of the molecule is COC(=O)c1ccc(C(C)NCC2CCCS2)o1. The molecule has 1 saturated heterocycles. The summed E-state index contributed by atoms with van der Waals surface area (Å²) in [5.74, 6) is 1.88. The van der Waals surface area contributed by atoms with Crippen molar-refractivity contribution in [2.24, 2.45) is 0 Å². The summed E-state index contributed by atoms with van der Waals surface area (Å²) in [5.41, 5.74) is 0. The molecule has 5 heteroatoms. The number of rotatable bonds is 5. The molecule has 0 aromatic carbocycles. The molecule has 1 fully saturated rings. The van der Waals surface area contributed by atoms with Gasteiger partial charge in [-0.25, -0.2) is 4.79 Å². The summed E-state index contributed by atoms with van der Waals surface area (Å²) in [4.78, 5) is 11.3. The molecule has 0 amide bonds. The highest BCUT2D eigenvalue weighted by Crippen LogP contribution is 2.26. The molecular weight excluding hydrogens is 250 g/mol. The lowest BCUT2D eigenvalue weighted by Gasteiger charge is -2.14. The highest BCUT2D eigenvalue weighted by Gasteiger charge is 2.18. The second-order valence-corrected chi connectivity index (χ2v) is 5.87. The highest BCUT2D eigenvalue weighted by molar-refractivity contribution is 8.00. The summed E-state index contributed by atoms with van der Waals surface area (Å²) in [7, 11) is 1.35. The minimum absolute atomic E-state index is 0.115. The Morgan fingerprint density at radius 3 is 3.17 bits per heavy atom. The Morgan fingerprint density at radius 2 is 2.50 bits per heavy atom. The lowest BCUT2D eigenvalue weighted by molar-refractivity contribution is 0.0562. The average Bonchev–Trinajstić information content (AvgIpc) is 3.05. The van der Waals surface area contributed by atoms with Crippen LogP contribution in [0.2, 0.25) is 0 Å². The van der Waals surface area contributed by atoms with Crippen molar-refractivity contribution in [3.05, 3.63) is 23.7 Å². The molecule has 0 saturated carbocycles. The smallest absolute Gasteiger partial charge is 0.373 e. The van der Waals surface area contributed by atoms with Gasteiger partial charge in [0.1, 0.15) is 5.76 Å². The average molecular weight is 269 g/mol. The Bertz CT molecular complexity index is 399. The summed E-state index contributed by atoms with van der Waals surface area (Å²) in [6, 6.07) is 3.60. The first-order valence-corrected chi connectivity index (χ1v) is 7.28. The van der Waals surface area contributed by atoms with Crippen LogP contribution in [0.5, 0.6) is 0 Å². The van der Waals surface area contributed by atoms with Crippen LogP contribution < -0.4 is 5.32 Å². The number of thioether (sulfide) groups is 1. The van der Waals surface area contributed by atoms with Crippen molar-refractivity contribution >= 4 is 17.7 Å². The van der Waals surface area contributed by atoms with Crippen LogP contribution in [0.4, 0.5) is 0 Å². The number of furan rings is 1. The standard InChI is InChI=1S/C13H19NO3S/c1-9(14-8-10-4-3-7-18-10)11-5-6-12(17-11)13(15)16-2/h5-6,9-10,14H,3-4,7-8H2,1-2H3. The van der Waals surface area contributed by atoms with E-state index >= 15 is 0 Å². The molecule has 1 N–H and O–H groups in total. The minimum Gasteiger partial charge on any atom is -0.463 e. The van der Waals surface area contributed by atoms with Crippen LogP contribution in [-0.2, 0) is 4.74 Å². The van der Waals surface area contributed by atoms with E-state index in [0.29, 0.717) is 5.25 Å². The molecule has 0 radical (unpaired) electrons. The monoisotopic (exact) mass is 269 g/mol. The molecule has 2 unspecified atom stereocenters. The quantitative estimate of drug-likeness (QED) is 0.833. The van der Waals surface area contributed by atoms with Gasteiger partial charge >= 0.3 is 5.97 Å². The van der Waals surface area contributed by atoms with E-state index < -0.39 is 5.97 Å². The maximum atomic E-state index is 11.3. The van der Waals surface area contributed by atoms with Crippen molar-refractivity contribution in [2.75, 3.05) is 19.4 Å². The van der Waals surface area contributed by atoms with E-state index in [9.17, 15) is 4.79 Å². The number of methoxy groups -OCH3 is 1. The van der Waals surface area contributed by atoms with Crippen LogP contribution in [0.25, 0.3) is 0 Å². The topological polar surface area (TPSA) is 51.5 Å². The summed E-state index contributed by atoms with van der Waals surface area (Å²) in [6.07, 6.45) is 2.61. The van der Waals surface area contributed by atoms with Crippen LogP contribution >= 0.6 is 11.8 Å². The Kier molecular flexibility index (Phi) is 4.72. The van der Waals surface area contributed by atoms with Gasteiger partial charge in [-0.2, -0.15) is 11.8 Å². The van der Waals surface area contributed by atoms with E-state index in [1.54, 1.807) is 6.07 Å². The van der Waals surface area contributed by atoms with E-state index in [1.165, 1.54) is 25.7 Å². The van der Waals surface area contributed by atoms with Gasteiger partial charge < -0.3 is 14.5 Å². The third kappa shape index (κ3) is 3.29. The van der Waals surface area contributed by atoms with Gasteiger partial charge in [0.05, 0.1) is 13.2 Å². The summed E-state index contributed by atoms with van der Waals surface area (Å²) in [5, 5.41) is 4.16. The third-order valence-corrected chi connectivity index (χ3v) is 4.51. The zero-order chi connectivity index (χ0) is 13.0. The normalized spacial score (nSPS) is 20.9. The van der Waals surface area contributed by atoms with E-state index in [2.05, 4.69) is 10.1 Å². The second-order valence-electron chi connectivity index (χ2n) is 4.46. The molecule has 2 atom stereocenters. The Hall–Kier alpha value is -0.940. The van der Waals surface area contributed by atoms with Crippen LogP contribution in [0.1, 0.15) is 42.1 Å². The number of esters is 1. The second kappa shape index (κ2) is 6.29. The molecule has 1 aliphatic heterocycles. The van der Waals surface area contributed by atoms with Crippen molar-refractivity contribution in [1.82, 2.24) is 5.32 Å². The van der Waals surface area contributed by atoms with Gasteiger partial charge in [0.15, 0.2) is 0 Å². The number of carbonyl (C=O) groups excluding carboxylic acids is 1. The summed E-state index contributed by atoms with van der Waals surface area (Å²) < 4.78 is 10.1. The molecule has 1 aliphatic rings. The van der Waals surface area contributed by atoms with E-state index in [1.807, 2.05) is 24.8 Å². The zero-order valence-corrected chi connectivity index (χ0v) is 11.6. The number of carbonyl (C=O) groups is 1. The predicted molar refractivity (Wildman–Crippen MR) is 71.9 cm³/mol. The molecular formula is C13H19NO3S. The zero-order valence-electron chi connectivity index (χ0n) is 10.8. The summed E-state index contributed by atoms with van der Waals surface area (Å²) in [6.45, 7) is 3.03. The molecule has 2 heterocycles. The predicted octanol–water partition coefficient (Wildman–Crippen LogP) is 2.61. The number of nitrogens with one attached hydrogen (secondary N) is 1. The molecule has 0 bridgehead atoms. The molecule has 4 nitrogen and oxygen atoms in total. The van der Waals surface area contributed by atoms with Gasteiger partial charge in [0.2, 0.25) is 5.76 Å². The molecule has 2 rings (SSSR count). The molecule has 0 spiro atoms. The lowest BCUT2D eigenvalue weighted by Crippen LogP contribution is -2.25.